The third-order valence-electron chi connectivity index (χ3n) is 3.65. The molecule has 1 fully saturated rings. The Morgan fingerprint density at radius 3 is 2.50 bits per heavy atom. The largest absolute Gasteiger partial charge is 0.383 e. The molecule has 0 heterocycles. The Hall–Kier alpha value is -1.92. The van der Waals surface area contributed by atoms with E-state index >= 15 is 0 Å². The van der Waals surface area contributed by atoms with Gasteiger partial charge in [0.15, 0.2) is 0 Å². The van der Waals surface area contributed by atoms with Gasteiger partial charge in [0.2, 0.25) is 11.8 Å². The Morgan fingerprint density at radius 2 is 2.00 bits per heavy atom. The van der Waals surface area contributed by atoms with Crippen molar-refractivity contribution in [2.45, 2.75) is 38.4 Å². The number of anilines is 1. The lowest BCUT2D eigenvalue weighted by atomic mass is 10.2. The normalized spacial score (nSPS) is 15.2. The smallest absolute Gasteiger partial charge is 0.243 e. The first-order valence-electron chi connectivity index (χ1n) is 7.42. The molecule has 1 aliphatic rings. The molecule has 120 valence electrons. The predicted octanol–water partition coefficient (Wildman–Crippen LogP) is 1.11. The molecule has 3 N–H and O–H groups in total. The molecule has 1 unspecified atom stereocenters. The number of nitrogens with one attached hydrogen (secondary N) is 1. The van der Waals surface area contributed by atoms with Gasteiger partial charge in [-0.05, 0) is 30.5 Å². The molecule has 1 saturated carbocycles. The third-order valence-corrected chi connectivity index (χ3v) is 3.65. The number of hydrogen-bond acceptors (Lipinski definition) is 4. The van der Waals surface area contributed by atoms with Gasteiger partial charge in [0, 0.05) is 32.3 Å². The quantitative estimate of drug-likeness (QED) is 0.790. The second-order valence-electron chi connectivity index (χ2n) is 5.63. The Kier molecular flexibility index (Phi) is 5.51. The zero-order chi connectivity index (χ0) is 16.1. The van der Waals surface area contributed by atoms with Crippen molar-refractivity contribution in [2.75, 3.05) is 19.0 Å². The summed E-state index contributed by atoms with van der Waals surface area (Å²) in [6.45, 7) is 2.39. The van der Waals surface area contributed by atoms with Gasteiger partial charge in [-0.15, -0.1) is 0 Å². The van der Waals surface area contributed by atoms with Crippen LogP contribution < -0.4 is 11.1 Å². The third kappa shape index (κ3) is 4.54. The van der Waals surface area contributed by atoms with Crippen molar-refractivity contribution in [2.24, 2.45) is 5.73 Å². The van der Waals surface area contributed by atoms with E-state index in [1.807, 2.05) is 29.2 Å². The van der Waals surface area contributed by atoms with E-state index in [9.17, 15) is 9.59 Å². The van der Waals surface area contributed by atoms with E-state index in [4.69, 9.17) is 10.5 Å². The minimum absolute atomic E-state index is 0.102. The van der Waals surface area contributed by atoms with Crippen molar-refractivity contribution in [3.63, 3.8) is 0 Å². The highest BCUT2D eigenvalue weighted by molar-refractivity contribution is 5.94. The second kappa shape index (κ2) is 7.38. The SMILES string of the molecule is COCC(N)C(=O)Nc1ccc(CN(C(C)=O)C2CC2)cc1. The van der Waals surface area contributed by atoms with Gasteiger partial charge in [-0.3, -0.25) is 9.59 Å². The molecule has 1 atom stereocenters. The average molecular weight is 305 g/mol. The summed E-state index contributed by atoms with van der Waals surface area (Å²) in [4.78, 5) is 25.3. The van der Waals surface area contributed by atoms with Crippen molar-refractivity contribution in [1.82, 2.24) is 4.90 Å². The number of nitrogens with zero attached hydrogens (tertiary/aromatic N) is 1. The number of nitrogens with two attached hydrogens (primary N) is 1. The number of hydrogen-bond donors (Lipinski definition) is 2. The molecule has 22 heavy (non-hydrogen) atoms. The van der Waals surface area contributed by atoms with Crippen LogP contribution in [-0.2, 0) is 20.9 Å². The topological polar surface area (TPSA) is 84.7 Å². The maximum atomic E-state index is 11.8. The lowest BCUT2D eigenvalue weighted by molar-refractivity contribution is -0.130. The van der Waals surface area contributed by atoms with Crippen LogP contribution in [0.4, 0.5) is 5.69 Å². The Balaban J connectivity index is 1.92. The first kappa shape index (κ1) is 16.5. The van der Waals surface area contributed by atoms with Crippen LogP contribution in [0.15, 0.2) is 24.3 Å². The summed E-state index contributed by atoms with van der Waals surface area (Å²) in [7, 11) is 1.50. The summed E-state index contributed by atoms with van der Waals surface area (Å²) in [5.74, 6) is -0.177. The maximum absolute atomic E-state index is 11.8. The fourth-order valence-corrected chi connectivity index (χ4v) is 2.26. The van der Waals surface area contributed by atoms with Crippen molar-refractivity contribution in [1.29, 1.82) is 0 Å². The molecule has 0 aliphatic heterocycles. The second-order valence-corrected chi connectivity index (χ2v) is 5.63. The van der Waals surface area contributed by atoms with Crippen molar-refractivity contribution >= 4 is 17.5 Å². The van der Waals surface area contributed by atoms with E-state index in [-0.39, 0.29) is 18.4 Å². The number of ether oxygens (including phenoxy) is 1. The van der Waals surface area contributed by atoms with Gasteiger partial charge in [-0.25, -0.2) is 0 Å². The highest BCUT2D eigenvalue weighted by atomic mass is 16.5. The van der Waals surface area contributed by atoms with Gasteiger partial charge in [0.25, 0.3) is 0 Å². The Labute approximate surface area is 130 Å². The van der Waals surface area contributed by atoms with Gasteiger partial charge in [-0.2, -0.15) is 0 Å². The minimum atomic E-state index is -0.687. The van der Waals surface area contributed by atoms with Crippen LogP contribution in [0.25, 0.3) is 0 Å². The van der Waals surface area contributed by atoms with Gasteiger partial charge in [-0.1, -0.05) is 12.1 Å². The molecule has 0 spiro atoms. The summed E-state index contributed by atoms with van der Waals surface area (Å²) in [5.41, 5.74) is 7.39. The average Bonchev–Trinajstić information content (AvgIpc) is 3.30. The number of rotatable bonds is 7. The minimum Gasteiger partial charge on any atom is -0.383 e. The summed E-state index contributed by atoms with van der Waals surface area (Å²) in [6.07, 6.45) is 2.18. The molecule has 6 heteroatoms. The molecule has 6 nitrogen and oxygen atoms in total. The van der Waals surface area contributed by atoms with E-state index < -0.39 is 6.04 Å². The molecule has 2 rings (SSSR count). The lowest BCUT2D eigenvalue weighted by Crippen LogP contribution is -2.39. The molecular weight excluding hydrogens is 282 g/mol. The van der Waals surface area contributed by atoms with Crippen LogP contribution in [0.3, 0.4) is 0 Å². The van der Waals surface area contributed by atoms with Crippen LogP contribution in [0.2, 0.25) is 0 Å². The van der Waals surface area contributed by atoms with E-state index in [0.717, 1.165) is 18.4 Å². The summed E-state index contributed by atoms with van der Waals surface area (Å²) in [6, 6.07) is 7.17. The first-order chi connectivity index (χ1) is 10.5. The van der Waals surface area contributed by atoms with Crippen LogP contribution in [0.1, 0.15) is 25.3 Å². The number of carbonyl (C=O) groups is 2. The number of amides is 2. The zero-order valence-corrected chi connectivity index (χ0v) is 13.0. The molecule has 1 aliphatic carbocycles. The zero-order valence-electron chi connectivity index (χ0n) is 13.0. The summed E-state index contributed by atoms with van der Waals surface area (Å²) in [5, 5.41) is 2.74. The highest BCUT2D eigenvalue weighted by Crippen LogP contribution is 2.28. The molecule has 2 amide bonds. The maximum Gasteiger partial charge on any atom is 0.243 e. The molecule has 1 aromatic rings. The lowest BCUT2D eigenvalue weighted by Gasteiger charge is -2.20. The number of carbonyl (C=O) groups excluding carboxylic acids is 2. The summed E-state index contributed by atoms with van der Waals surface area (Å²) < 4.78 is 4.85. The van der Waals surface area contributed by atoms with Gasteiger partial charge >= 0.3 is 0 Å². The van der Waals surface area contributed by atoms with Crippen molar-refractivity contribution < 1.29 is 14.3 Å². The van der Waals surface area contributed by atoms with E-state index in [1.165, 1.54) is 7.11 Å². The molecule has 0 aromatic heterocycles. The Morgan fingerprint density at radius 1 is 1.36 bits per heavy atom. The van der Waals surface area contributed by atoms with Crippen molar-refractivity contribution in [3.05, 3.63) is 29.8 Å². The molecule has 0 saturated heterocycles. The molecule has 1 aromatic carbocycles. The molecule has 0 radical (unpaired) electrons. The molecule has 0 bridgehead atoms. The number of benzene rings is 1. The van der Waals surface area contributed by atoms with Crippen LogP contribution in [0.5, 0.6) is 0 Å². The monoisotopic (exact) mass is 305 g/mol. The predicted molar refractivity (Wildman–Crippen MR) is 84.2 cm³/mol. The van der Waals surface area contributed by atoms with Gasteiger partial charge in [0.1, 0.15) is 6.04 Å². The number of methoxy groups -OCH3 is 1. The van der Waals surface area contributed by atoms with Crippen LogP contribution in [-0.4, -0.2) is 42.5 Å². The first-order valence-corrected chi connectivity index (χ1v) is 7.42. The van der Waals surface area contributed by atoms with Crippen molar-refractivity contribution in [3.8, 4) is 0 Å². The van der Waals surface area contributed by atoms with E-state index in [0.29, 0.717) is 18.3 Å². The van der Waals surface area contributed by atoms with Crippen LogP contribution in [0, 0.1) is 0 Å². The fraction of sp³-hybridized carbons (Fsp3) is 0.500. The highest BCUT2D eigenvalue weighted by Gasteiger charge is 2.30. The summed E-state index contributed by atoms with van der Waals surface area (Å²) >= 11 is 0. The fourth-order valence-electron chi connectivity index (χ4n) is 2.26. The van der Waals surface area contributed by atoms with E-state index in [1.54, 1.807) is 6.92 Å². The van der Waals surface area contributed by atoms with Crippen LogP contribution >= 0.6 is 0 Å². The van der Waals surface area contributed by atoms with Gasteiger partial charge in [0.05, 0.1) is 6.61 Å². The van der Waals surface area contributed by atoms with E-state index in [2.05, 4.69) is 5.32 Å². The standard InChI is InChI=1S/C16H23N3O3/c1-11(20)19(14-7-8-14)9-12-3-5-13(6-4-12)18-16(21)15(17)10-22-2/h3-6,14-15H,7-10,17H2,1-2H3,(H,18,21). The molecular formula is C16H23N3O3. The Bertz CT molecular complexity index is 526. The van der Waals surface area contributed by atoms with Gasteiger partial charge < -0.3 is 20.7 Å².